The number of aryl methyl sites for hydroxylation is 1. The Labute approximate surface area is 150 Å². The number of likely N-dealkylation sites (tertiary alicyclic amines) is 1. The summed E-state index contributed by atoms with van der Waals surface area (Å²) in [7, 11) is 0. The molecule has 2 atom stereocenters. The quantitative estimate of drug-likeness (QED) is 0.494. The van der Waals surface area contributed by atoms with Crippen molar-refractivity contribution in [3.05, 3.63) is 33.7 Å². The van der Waals surface area contributed by atoms with Crippen LogP contribution in [0.25, 0.3) is 0 Å². The summed E-state index contributed by atoms with van der Waals surface area (Å²) in [6, 6.07) is 3.19. The standard InChI is InChI=1S/C16H21N3O4.CH2O2/c1-10-3-4-11(13(21)18-10)14(22)19-8-5-12(20)16(9-19)6-2-7-17-15(16)23;2-1-3/h3-4,12,20H,2,5-9H2,1H3,(H,17,23)(H,18,21);1H,(H,2,3)/t12-,16+;/m0./s1. The number of hydrogen-bond acceptors (Lipinski definition) is 5. The topological polar surface area (TPSA) is 140 Å². The van der Waals surface area contributed by atoms with Gasteiger partial charge in [-0.3, -0.25) is 19.2 Å². The molecule has 1 spiro atoms. The van der Waals surface area contributed by atoms with Gasteiger partial charge in [0.25, 0.3) is 17.9 Å². The summed E-state index contributed by atoms with van der Waals surface area (Å²) in [5.74, 6) is -0.595. The molecule has 9 nitrogen and oxygen atoms in total. The van der Waals surface area contributed by atoms with E-state index >= 15 is 0 Å². The van der Waals surface area contributed by atoms with E-state index in [0.29, 0.717) is 31.6 Å². The summed E-state index contributed by atoms with van der Waals surface area (Å²) >= 11 is 0. The number of pyridine rings is 1. The molecular weight excluding hydrogens is 342 g/mol. The number of carboxylic acid groups (broad SMARTS) is 1. The van der Waals surface area contributed by atoms with E-state index in [9.17, 15) is 19.5 Å². The number of aliphatic hydroxyl groups excluding tert-OH is 1. The highest BCUT2D eigenvalue weighted by molar-refractivity contribution is 5.95. The fraction of sp³-hybridized carbons (Fsp3) is 0.529. The van der Waals surface area contributed by atoms with Crippen LogP contribution in [0.3, 0.4) is 0 Å². The summed E-state index contributed by atoms with van der Waals surface area (Å²) in [4.78, 5) is 49.5. The lowest BCUT2D eigenvalue weighted by Crippen LogP contribution is -2.62. The average Bonchev–Trinajstić information content (AvgIpc) is 2.60. The van der Waals surface area contributed by atoms with Gasteiger partial charge in [-0.05, 0) is 38.3 Å². The molecule has 0 radical (unpaired) electrons. The lowest BCUT2D eigenvalue weighted by molar-refractivity contribution is -0.147. The molecule has 0 bridgehead atoms. The molecule has 1 aromatic heterocycles. The van der Waals surface area contributed by atoms with Gasteiger partial charge in [0.15, 0.2) is 0 Å². The third-order valence-corrected chi connectivity index (χ3v) is 4.89. The average molecular weight is 365 g/mol. The van der Waals surface area contributed by atoms with Gasteiger partial charge in [-0.15, -0.1) is 0 Å². The summed E-state index contributed by atoms with van der Waals surface area (Å²) in [5, 5.41) is 20.0. The fourth-order valence-electron chi connectivity index (χ4n) is 3.53. The van der Waals surface area contributed by atoms with Crippen LogP contribution in [0.4, 0.5) is 0 Å². The first-order valence-electron chi connectivity index (χ1n) is 8.39. The normalized spacial score (nSPS) is 25.1. The van der Waals surface area contributed by atoms with E-state index < -0.39 is 23.0 Å². The van der Waals surface area contributed by atoms with E-state index in [0.717, 1.165) is 6.42 Å². The predicted molar refractivity (Wildman–Crippen MR) is 91.7 cm³/mol. The predicted octanol–water partition coefficient (Wildman–Crippen LogP) is -0.513. The van der Waals surface area contributed by atoms with Crippen molar-refractivity contribution >= 4 is 18.3 Å². The van der Waals surface area contributed by atoms with E-state index in [4.69, 9.17) is 9.90 Å². The summed E-state index contributed by atoms with van der Waals surface area (Å²) in [5.41, 5.74) is -0.630. The number of amides is 2. The molecule has 2 aliphatic heterocycles. The minimum Gasteiger partial charge on any atom is -0.483 e. The molecule has 2 fully saturated rings. The number of aliphatic hydroxyl groups is 1. The van der Waals surface area contributed by atoms with Gasteiger partial charge in [-0.2, -0.15) is 0 Å². The van der Waals surface area contributed by atoms with Crippen LogP contribution in [0.5, 0.6) is 0 Å². The first-order chi connectivity index (χ1) is 12.4. The molecule has 142 valence electrons. The Morgan fingerprint density at radius 2 is 2.08 bits per heavy atom. The summed E-state index contributed by atoms with van der Waals surface area (Å²) < 4.78 is 0. The Balaban J connectivity index is 0.000000758. The van der Waals surface area contributed by atoms with Crippen molar-refractivity contribution in [1.29, 1.82) is 0 Å². The number of H-pyrrole nitrogens is 1. The van der Waals surface area contributed by atoms with Gasteiger partial charge in [0.2, 0.25) is 5.91 Å². The van der Waals surface area contributed by atoms with Crippen molar-refractivity contribution in [2.45, 2.75) is 32.3 Å². The molecule has 3 heterocycles. The number of hydrogen-bond donors (Lipinski definition) is 4. The molecule has 2 amide bonds. The first kappa shape index (κ1) is 19.6. The van der Waals surface area contributed by atoms with Crippen molar-refractivity contribution in [3.63, 3.8) is 0 Å². The van der Waals surface area contributed by atoms with E-state index in [1.165, 1.54) is 11.0 Å². The monoisotopic (exact) mass is 365 g/mol. The smallest absolute Gasteiger partial charge is 0.290 e. The van der Waals surface area contributed by atoms with Crippen LogP contribution in [0.15, 0.2) is 16.9 Å². The highest BCUT2D eigenvalue weighted by Crippen LogP contribution is 2.37. The molecule has 2 saturated heterocycles. The molecule has 0 aromatic carbocycles. The van der Waals surface area contributed by atoms with Crippen molar-refractivity contribution in [1.82, 2.24) is 15.2 Å². The molecule has 26 heavy (non-hydrogen) atoms. The molecule has 2 aliphatic rings. The van der Waals surface area contributed by atoms with Crippen LogP contribution in [0, 0.1) is 12.3 Å². The van der Waals surface area contributed by atoms with E-state index in [1.807, 2.05) is 0 Å². The Morgan fingerprint density at radius 3 is 2.69 bits per heavy atom. The van der Waals surface area contributed by atoms with Crippen LogP contribution >= 0.6 is 0 Å². The molecule has 0 unspecified atom stereocenters. The largest absolute Gasteiger partial charge is 0.483 e. The summed E-state index contributed by atoms with van der Waals surface area (Å²) in [6.45, 7) is 2.57. The highest BCUT2D eigenvalue weighted by atomic mass is 16.3. The minimum absolute atomic E-state index is 0.0679. The van der Waals surface area contributed by atoms with Crippen molar-refractivity contribution in [2.75, 3.05) is 19.6 Å². The minimum atomic E-state index is -0.955. The van der Waals surface area contributed by atoms with Crippen LogP contribution in [-0.4, -0.2) is 64.1 Å². The Hall–Kier alpha value is -2.68. The third-order valence-electron chi connectivity index (χ3n) is 4.89. The number of nitrogens with one attached hydrogen (secondary N) is 2. The SMILES string of the molecule is Cc1ccc(C(=O)N2CC[C@H](O)[C@@]3(CCCNC3=O)C2)c(=O)[nH]1.O=CO. The van der Waals surface area contributed by atoms with E-state index in [-0.39, 0.29) is 24.5 Å². The van der Waals surface area contributed by atoms with Crippen LogP contribution in [0.2, 0.25) is 0 Å². The van der Waals surface area contributed by atoms with Crippen molar-refractivity contribution in [3.8, 4) is 0 Å². The number of rotatable bonds is 1. The van der Waals surface area contributed by atoms with Gasteiger partial charge >= 0.3 is 0 Å². The maximum Gasteiger partial charge on any atom is 0.290 e. The molecule has 3 rings (SSSR count). The lowest BCUT2D eigenvalue weighted by Gasteiger charge is -2.46. The van der Waals surface area contributed by atoms with Gasteiger partial charge < -0.3 is 25.4 Å². The Kier molecular flexibility index (Phi) is 6.14. The van der Waals surface area contributed by atoms with Crippen molar-refractivity contribution in [2.24, 2.45) is 5.41 Å². The molecule has 0 saturated carbocycles. The summed E-state index contributed by atoms with van der Waals surface area (Å²) in [6.07, 6.45) is 0.899. The fourth-order valence-corrected chi connectivity index (χ4v) is 3.53. The number of piperidine rings is 2. The second-order valence-corrected chi connectivity index (χ2v) is 6.54. The number of carbonyl (C=O) groups excluding carboxylic acids is 2. The first-order valence-corrected chi connectivity index (χ1v) is 8.39. The van der Waals surface area contributed by atoms with Gasteiger partial charge in [0.05, 0.1) is 11.5 Å². The zero-order valence-electron chi connectivity index (χ0n) is 14.5. The lowest BCUT2D eigenvalue weighted by atomic mass is 9.71. The highest BCUT2D eigenvalue weighted by Gasteiger charge is 2.50. The number of aromatic nitrogens is 1. The maximum atomic E-state index is 12.7. The van der Waals surface area contributed by atoms with Gasteiger partial charge in [-0.25, -0.2) is 0 Å². The second kappa shape index (κ2) is 8.13. The van der Waals surface area contributed by atoms with Crippen molar-refractivity contribution < 1.29 is 24.6 Å². The van der Waals surface area contributed by atoms with E-state index in [1.54, 1.807) is 13.0 Å². The third kappa shape index (κ3) is 3.77. The second-order valence-electron chi connectivity index (χ2n) is 6.54. The molecule has 1 aromatic rings. The molecule has 9 heteroatoms. The molecular formula is C17H23N3O6. The van der Waals surface area contributed by atoms with Gasteiger partial charge in [0, 0.05) is 25.3 Å². The molecule has 4 N–H and O–H groups in total. The maximum absolute atomic E-state index is 12.7. The van der Waals surface area contributed by atoms with Crippen LogP contribution in [0.1, 0.15) is 35.3 Å². The molecule has 0 aliphatic carbocycles. The van der Waals surface area contributed by atoms with Crippen LogP contribution in [-0.2, 0) is 9.59 Å². The zero-order chi connectivity index (χ0) is 19.3. The zero-order valence-corrected chi connectivity index (χ0v) is 14.5. The Bertz CT molecular complexity index is 746. The van der Waals surface area contributed by atoms with Gasteiger partial charge in [-0.1, -0.05) is 0 Å². The van der Waals surface area contributed by atoms with Gasteiger partial charge in [0.1, 0.15) is 5.56 Å². The van der Waals surface area contributed by atoms with Crippen LogP contribution < -0.4 is 10.9 Å². The number of nitrogens with zero attached hydrogens (tertiary/aromatic N) is 1. The Morgan fingerprint density at radius 1 is 1.38 bits per heavy atom. The van der Waals surface area contributed by atoms with E-state index in [2.05, 4.69) is 10.3 Å². The number of aromatic amines is 1. The number of carbonyl (C=O) groups is 3.